The molecule has 1 aliphatic heterocycles. The van der Waals surface area contributed by atoms with Gasteiger partial charge in [-0.2, -0.15) is 16.8 Å². The molecule has 0 bridgehead atoms. The van der Waals surface area contributed by atoms with Crippen molar-refractivity contribution in [3.8, 4) is 11.5 Å². The van der Waals surface area contributed by atoms with Gasteiger partial charge in [0.05, 0.1) is 32.0 Å². The van der Waals surface area contributed by atoms with Gasteiger partial charge in [-0.1, -0.05) is 0 Å². The molecular weight excluding hydrogens is 596 g/mol. The van der Waals surface area contributed by atoms with Gasteiger partial charge in [-0.3, -0.25) is 9.11 Å². The third-order valence-corrected chi connectivity index (χ3v) is 6.47. The van der Waals surface area contributed by atoms with Crippen LogP contribution in [0.4, 0.5) is 0 Å². The topological polar surface area (TPSA) is 217 Å². The summed E-state index contributed by atoms with van der Waals surface area (Å²) in [4.78, 5) is 26.1. The SMILES string of the molecule is COc1ccc(C(=O)O[C@@H]2[C@@H](OC(=O)c3ccc(OC)cc3)[C@H](OC)O[C@H](COS(=O)(=O)O)[C@H]2OS(=O)(=O)O)cc1. The molecule has 1 saturated heterocycles. The first-order valence-electron chi connectivity index (χ1n) is 11.4. The van der Waals surface area contributed by atoms with Crippen molar-refractivity contribution in [3.05, 3.63) is 59.7 Å². The monoisotopic (exact) mass is 622 g/mol. The Hall–Kier alpha value is -3.36. The molecule has 0 spiro atoms. The van der Waals surface area contributed by atoms with E-state index in [-0.39, 0.29) is 11.1 Å². The Morgan fingerprint density at radius 2 is 1.20 bits per heavy atom. The predicted octanol–water partition coefficient (Wildman–Crippen LogP) is 0.834. The van der Waals surface area contributed by atoms with Gasteiger partial charge < -0.3 is 28.4 Å². The molecular formula is C23H26O16S2. The van der Waals surface area contributed by atoms with E-state index in [0.717, 1.165) is 7.11 Å². The molecule has 2 aromatic rings. The van der Waals surface area contributed by atoms with Crippen LogP contribution in [-0.2, 0) is 48.1 Å². The molecule has 5 atom stereocenters. The van der Waals surface area contributed by atoms with Crippen molar-refractivity contribution in [2.75, 3.05) is 27.9 Å². The van der Waals surface area contributed by atoms with Crippen LogP contribution in [0.5, 0.6) is 11.5 Å². The number of esters is 2. The number of benzene rings is 2. The van der Waals surface area contributed by atoms with E-state index in [1.807, 2.05) is 0 Å². The van der Waals surface area contributed by atoms with E-state index < -0.39 is 70.0 Å². The first kappa shape index (κ1) is 32.2. The third-order valence-electron chi connectivity index (χ3n) is 5.58. The molecule has 0 saturated carbocycles. The number of carbonyl (C=O) groups is 2. The van der Waals surface area contributed by atoms with Gasteiger partial charge >= 0.3 is 32.7 Å². The fraction of sp³-hybridized carbons (Fsp3) is 0.391. The highest BCUT2D eigenvalue weighted by molar-refractivity contribution is 7.81. The normalized spacial score (nSPS) is 22.9. The lowest BCUT2D eigenvalue weighted by Crippen LogP contribution is -2.63. The Morgan fingerprint density at radius 1 is 0.732 bits per heavy atom. The quantitative estimate of drug-likeness (QED) is 0.247. The lowest BCUT2D eigenvalue weighted by atomic mass is 9.98. The fourth-order valence-electron chi connectivity index (χ4n) is 3.71. The van der Waals surface area contributed by atoms with Gasteiger partial charge in [0.2, 0.25) is 0 Å². The maximum absolute atomic E-state index is 13.1. The van der Waals surface area contributed by atoms with Crippen LogP contribution in [0.15, 0.2) is 48.5 Å². The smallest absolute Gasteiger partial charge is 0.397 e. The standard InChI is InChI=1S/C23H26O16S2/c1-32-15-8-4-13(5-9-15)21(24)37-19-18(39-41(29,30)31)17(12-35-40(26,27)28)36-23(34-3)20(19)38-22(25)14-6-10-16(33-2)11-7-14/h4-11,17-20,23H,12H2,1-3H3,(H,26,27,28)(H,29,30,31)/t17-,18-,19+,20-,23-/m1/s1. The maximum atomic E-state index is 13.1. The highest BCUT2D eigenvalue weighted by Crippen LogP contribution is 2.31. The van der Waals surface area contributed by atoms with Gasteiger partial charge in [0, 0.05) is 7.11 Å². The second-order valence-corrected chi connectivity index (χ2v) is 10.3. The molecule has 0 amide bonds. The largest absolute Gasteiger partial charge is 0.497 e. The summed E-state index contributed by atoms with van der Waals surface area (Å²) in [6, 6.07) is 11.1. The van der Waals surface area contributed by atoms with Gasteiger partial charge in [0.1, 0.15) is 23.7 Å². The summed E-state index contributed by atoms with van der Waals surface area (Å²) in [5.41, 5.74) is -0.0761. The van der Waals surface area contributed by atoms with Gasteiger partial charge in [0.15, 0.2) is 18.5 Å². The maximum Gasteiger partial charge on any atom is 0.397 e. The van der Waals surface area contributed by atoms with Crippen molar-refractivity contribution in [1.82, 2.24) is 0 Å². The zero-order valence-electron chi connectivity index (χ0n) is 21.6. The van der Waals surface area contributed by atoms with Crippen molar-refractivity contribution < 1.29 is 72.3 Å². The second kappa shape index (κ2) is 13.5. The van der Waals surface area contributed by atoms with Crippen molar-refractivity contribution in [1.29, 1.82) is 0 Å². The van der Waals surface area contributed by atoms with Gasteiger partial charge in [-0.25, -0.2) is 18.0 Å². The zero-order chi connectivity index (χ0) is 30.4. The van der Waals surface area contributed by atoms with Gasteiger partial charge in [-0.15, -0.1) is 0 Å². The molecule has 226 valence electrons. The molecule has 2 N–H and O–H groups in total. The van der Waals surface area contributed by atoms with Crippen molar-refractivity contribution >= 4 is 32.7 Å². The number of methoxy groups -OCH3 is 3. The molecule has 0 aromatic heterocycles. The first-order chi connectivity index (χ1) is 19.2. The van der Waals surface area contributed by atoms with Crippen molar-refractivity contribution in [3.63, 3.8) is 0 Å². The van der Waals surface area contributed by atoms with E-state index in [2.05, 4.69) is 8.37 Å². The van der Waals surface area contributed by atoms with Gasteiger partial charge in [-0.05, 0) is 48.5 Å². The van der Waals surface area contributed by atoms with Crippen molar-refractivity contribution in [2.24, 2.45) is 0 Å². The molecule has 1 fully saturated rings. The van der Waals surface area contributed by atoms with E-state index in [4.69, 9.17) is 33.0 Å². The number of rotatable bonds is 12. The van der Waals surface area contributed by atoms with E-state index in [9.17, 15) is 31.0 Å². The van der Waals surface area contributed by atoms with E-state index in [1.54, 1.807) is 0 Å². The fourth-order valence-corrected chi connectivity index (χ4v) is 4.53. The molecule has 16 nitrogen and oxygen atoms in total. The molecule has 2 aromatic carbocycles. The highest BCUT2D eigenvalue weighted by atomic mass is 32.3. The summed E-state index contributed by atoms with van der Waals surface area (Å²) in [5, 5.41) is 0. The predicted molar refractivity (Wildman–Crippen MR) is 134 cm³/mol. The summed E-state index contributed by atoms with van der Waals surface area (Å²) in [5.74, 6) is -1.27. The average molecular weight is 623 g/mol. The lowest BCUT2D eigenvalue weighted by molar-refractivity contribution is -0.287. The average Bonchev–Trinajstić information content (AvgIpc) is 2.92. The summed E-state index contributed by atoms with van der Waals surface area (Å²) in [7, 11) is -6.52. The van der Waals surface area contributed by atoms with Gasteiger partial charge in [0.25, 0.3) is 0 Å². The highest BCUT2D eigenvalue weighted by Gasteiger charge is 2.53. The lowest BCUT2D eigenvalue weighted by Gasteiger charge is -2.43. The molecule has 0 unspecified atom stereocenters. The van der Waals surface area contributed by atoms with E-state index in [0.29, 0.717) is 11.5 Å². The minimum atomic E-state index is -5.34. The van der Waals surface area contributed by atoms with Crippen LogP contribution < -0.4 is 9.47 Å². The zero-order valence-corrected chi connectivity index (χ0v) is 23.3. The summed E-state index contributed by atoms with van der Waals surface area (Å²) < 4.78 is 105. The molecule has 3 rings (SSSR count). The molecule has 18 heteroatoms. The van der Waals surface area contributed by atoms with Crippen LogP contribution in [0.2, 0.25) is 0 Å². The first-order valence-corrected chi connectivity index (χ1v) is 14.1. The van der Waals surface area contributed by atoms with Crippen LogP contribution in [-0.4, -0.2) is 96.5 Å². The second-order valence-electron chi connectivity index (χ2n) is 8.18. The Morgan fingerprint density at radius 3 is 1.59 bits per heavy atom. The Kier molecular flexibility index (Phi) is 10.6. The molecule has 41 heavy (non-hydrogen) atoms. The molecule has 1 aliphatic rings. The van der Waals surface area contributed by atoms with Crippen LogP contribution in [0.25, 0.3) is 0 Å². The van der Waals surface area contributed by atoms with E-state index in [1.165, 1.54) is 62.8 Å². The van der Waals surface area contributed by atoms with Crippen LogP contribution >= 0.6 is 0 Å². The van der Waals surface area contributed by atoms with Crippen molar-refractivity contribution in [2.45, 2.75) is 30.7 Å². The molecule has 1 heterocycles. The minimum Gasteiger partial charge on any atom is -0.497 e. The minimum absolute atomic E-state index is 0.00929. The Labute approximate surface area is 234 Å². The summed E-state index contributed by atoms with van der Waals surface area (Å²) >= 11 is 0. The molecule has 0 aliphatic carbocycles. The van der Waals surface area contributed by atoms with Crippen LogP contribution in [0.3, 0.4) is 0 Å². The number of ether oxygens (including phenoxy) is 6. The summed E-state index contributed by atoms with van der Waals surface area (Å²) in [6.07, 6.45) is -9.21. The summed E-state index contributed by atoms with van der Waals surface area (Å²) in [6.45, 7) is -1.10. The van der Waals surface area contributed by atoms with E-state index >= 15 is 0 Å². The Balaban J connectivity index is 2.03. The number of carbonyl (C=O) groups excluding carboxylic acids is 2. The number of hydrogen-bond donors (Lipinski definition) is 2. The molecule has 0 radical (unpaired) electrons. The third kappa shape index (κ3) is 9.07. The van der Waals surface area contributed by atoms with Crippen LogP contribution in [0, 0.1) is 0 Å². The Bertz CT molecular complexity index is 1410. The van der Waals surface area contributed by atoms with Crippen LogP contribution in [0.1, 0.15) is 20.7 Å². The number of hydrogen-bond acceptors (Lipinski definition) is 14.